The quantitative estimate of drug-likeness (QED) is 0.277. The summed E-state index contributed by atoms with van der Waals surface area (Å²) in [6, 6.07) is 18.0. The largest absolute Gasteiger partial charge is 0.367 e. The van der Waals surface area contributed by atoms with Crippen LogP contribution < -0.4 is 10.9 Å². The third-order valence-electron chi connectivity index (χ3n) is 6.31. The fourth-order valence-corrected chi connectivity index (χ4v) is 5.58. The van der Waals surface area contributed by atoms with Gasteiger partial charge >= 0.3 is 0 Å². The van der Waals surface area contributed by atoms with Crippen LogP contribution in [0, 0.1) is 24.1 Å². The Balaban J connectivity index is 1.72. The molecule has 0 unspecified atom stereocenters. The molecule has 1 saturated heterocycles. The number of benzene rings is 2. The van der Waals surface area contributed by atoms with Crippen LogP contribution in [0.2, 0.25) is 0 Å². The number of nitrogens with zero attached hydrogens (tertiary/aromatic N) is 3. The third kappa shape index (κ3) is 5.87. The molecule has 1 aliphatic heterocycles. The maximum Gasteiger partial charge on any atom is 0.270 e. The molecule has 1 aromatic heterocycles. The second-order valence-corrected chi connectivity index (χ2v) is 10.6. The first-order valence-electron chi connectivity index (χ1n) is 12.3. The summed E-state index contributed by atoms with van der Waals surface area (Å²) in [5, 5.41) is 13.1. The highest BCUT2D eigenvalue weighted by atomic mass is 32.2. The van der Waals surface area contributed by atoms with Gasteiger partial charge in [0.1, 0.15) is 27.6 Å². The third-order valence-corrected chi connectivity index (χ3v) is 7.69. The van der Waals surface area contributed by atoms with E-state index in [2.05, 4.69) is 5.32 Å². The molecule has 2 aromatic carbocycles. The molecule has 9 heteroatoms. The molecule has 3 aromatic rings. The number of hydrogen-bond donors (Lipinski definition) is 1. The van der Waals surface area contributed by atoms with Gasteiger partial charge in [-0.1, -0.05) is 73.4 Å². The van der Waals surface area contributed by atoms with Gasteiger partial charge in [0.25, 0.3) is 11.5 Å². The number of rotatable bonds is 9. The average Bonchev–Trinajstić information content (AvgIpc) is 3.18. The number of anilines is 1. The number of hydrogen-bond acceptors (Lipinski definition) is 6. The molecule has 6 nitrogen and oxygen atoms in total. The molecule has 0 spiro atoms. The smallest absolute Gasteiger partial charge is 0.270 e. The van der Waals surface area contributed by atoms with Crippen molar-refractivity contribution in [3.63, 3.8) is 0 Å². The molecule has 0 radical (unpaired) electrons. The van der Waals surface area contributed by atoms with Crippen molar-refractivity contribution in [1.29, 1.82) is 5.26 Å². The van der Waals surface area contributed by atoms with Gasteiger partial charge < -0.3 is 5.32 Å². The van der Waals surface area contributed by atoms with Crippen LogP contribution in [0.3, 0.4) is 0 Å². The first-order chi connectivity index (χ1) is 18.3. The number of nitrogens with one attached hydrogen (secondary N) is 1. The van der Waals surface area contributed by atoms with Crippen LogP contribution in [0.5, 0.6) is 0 Å². The Morgan fingerprint density at radius 3 is 2.45 bits per heavy atom. The second-order valence-electron chi connectivity index (χ2n) is 8.88. The minimum atomic E-state index is -0.388. The predicted molar refractivity (Wildman–Crippen MR) is 154 cm³/mol. The summed E-state index contributed by atoms with van der Waals surface area (Å²) in [5.41, 5.74) is 2.65. The number of pyridine rings is 1. The van der Waals surface area contributed by atoms with Crippen molar-refractivity contribution in [2.75, 3.05) is 11.9 Å². The van der Waals surface area contributed by atoms with Crippen molar-refractivity contribution in [3.8, 4) is 6.07 Å². The number of carbonyl (C=O) groups is 1. The van der Waals surface area contributed by atoms with E-state index in [0.717, 1.165) is 11.1 Å². The highest BCUT2D eigenvalue weighted by molar-refractivity contribution is 8.26. The van der Waals surface area contributed by atoms with Crippen molar-refractivity contribution in [3.05, 3.63) is 103 Å². The Kier molecular flexibility index (Phi) is 8.77. The van der Waals surface area contributed by atoms with Gasteiger partial charge in [-0.2, -0.15) is 5.26 Å². The zero-order valence-corrected chi connectivity index (χ0v) is 22.8. The van der Waals surface area contributed by atoms with Gasteiger partial charge in [0, 0.05) is 25.2 Å². The number of aromatic nitrogens is 1. The van der Waals surface area contributed by atoms with E-state index in [1.54, 1.807) is 30.0 Å². The van der Waals surface area contributed by atoms with Gasteiger partial charge in [0.05, 0.1) is 4.91 Å². The SMILES string of the molecule is CCCn1c(NCc2ccc(F)cc2)c(/C=C2/SC(=S)N(CCc3ccccc3)C2=O)c(C)c(C#N)c1=O. The molecule has 1 aliphatic rings. The van der Waals surface area contributed by atoms with E-state index < -0.39 is 0 Å². The summed E-state index contributed by atoms with van der Waals surface area (Å²) in [6.07, 6.45) is 3.06. The Labute approximate surface area is 230 Å². The van der Waals surface area contributed by atoms with Crippen LogP contribution in [0.1, 0.15) is 41.2 Å². The van der Waals surface area contributed by atoms with Crippen LogP contribution in [0.15, 0.2) is 64.3 Å². The van der Waals surface area contributed by atoms with E-state index in [-0.39, 0.29) is 22.8 Å². The topological polar surface area (TPSA) is 78.1 Å². The van der Waals surface area contributed by atoms with Crippen LogP contribution in [0.4, 0.5) is 10.2 Å². The summed E-state index contributed by atoms with van der Waals surface area (Å²) in [4.78, 5) is 28.6. The first kappa shape index (κ1) is 27.3. The standard InChI is InChI=1S/C29H27FN4O2S2/c1-3-14-33-26(32-18-21-9-11-22(30)12-10-21)23(19(2)24(17-31)27(33)35)16-25-28(36)34(29(37)38-25)15-13-20-7-5-4-6-8-20/h4-12,16,32H,3,13-15,18H2,1-2H3/b25-16+. The van der Waals surface area contributed by atoms with E-state index in [4.69, 9.17) is 12.2 Å². The molecule has 1 N–H and O–H groups in total. The van der Waals surface area contributed by atoms with Gasteiger partial charge in [0.15, 0.2) is 0 Å². The van der Waals surface area contributed by atoms with Gasteiger partial charge in [-0.25, -0.2) is 4.39 Å². The monoisotopic (exact) mass is 546 g/mol. The lowest BCUT2D eigenvalue weighted by Gasteiger charge is -2.20. The molecule has 2 heterocycles. The molecular weight excluding hydrogens is 519 g/mol. The second kappa shape index (κ2) is 12.2. The van der Waals surface area contributed by atoms with Crippen molar-refractivity contribution >= 4 is 46.1 Å². The summed E-state index contributed by atoms with van der Waals surface area (Å²) in [7, 11) is 0. The summed E-state index contributed by atoms with van der Waals surface area (Å²) in [6.45, 7) is 4.83. The maximum atomic E-state index is 13.4. The Morgan fingerprint density at radius 2 is 1.79 bits per heavy atom. The number of thioether (sulfide) groups is 1. The lowest BCUT2D eigenvalue weighted by molar-refractivity contribution is -0.122. The fourth-order valence-electron chi connectivity index (χ4n) is 4.29. The maximum absolute atomic E-state index is 13.4. The zero-order chi connectivity index (χ0) is 27.2. The molecule has 194 valence electrons. The molecule has 38 heavy (non-hydrogen) atoms. The predicted octanol–water partition coefficient (Wildman–Crippen LogP) is 5.63. The van der Waals surface area contributed by atoms with Gasteiger partial charge in [-0.3, -0.25) is 19.1 Å². The minimum Gasteiger partial charge on any atom is -0.367 e. The summed E-state index contributed by atoms with van der Waals surface area (Å²) < 4.78 is 15.4. The lowest BCUT2D eigenvalue weighted by Crippen LogP contribution is -2.30. The van der Waals surface area contributed by atoms with Crippen molar-refractivity contribution in [1.82, 2.24) is 9.47 Å². The average molecular weight is 547 g/mol. The van der Waals surface area contributed by atoms with Crippen molar-refractivity contribution < 1.29 is 9.18 Å². The van der Waals surface area contributed by atoms with E-state index in [0.29, 0.717) is 58.6 Å². The van der Waals surface area contributed by atoms with Crippen LogP contribution in [-0.4, -0.2) is 26.2 Å². The van der Waals surface area contributed by atoms with E-state index in [1.807, 2.05) is 43.3 Å². The number of thiocarbonyl (C=S) groups is 1. The van der Waals surface area contributed by atoms with E-state index >= 15 is 0 Å². The Morgan fingerprint density at radius 1 is 1.08 bits per heavy atom. The number of amides is 1. The molecule has 1 fully saturated rings. The fraction of sp³-hybridized carbons (Fsp3) is 0.241. The molecule has 0 aliphatic carbocycles. The number of carbonyl (C=O) groups excluding carboxylic acids is 1. The van der Waals surface area contributed by atoms with Gasteiger partial charge in [-0.15, -0.1) is 0 Å². The molecular formula is C29H27FN4O2S2. The van der Waals surface area contributed by atoms with Crippen molar-refractivity contribution in [2.45, 2.75) is 39.8 Å². The van der Waals surface area contributed by atoms with Crippen LogP contribution in [-0.2, 0) is 24.3 Å². The minimum absolute atomic E-state index is 0.0385. The molecule has 0 atom stereocenters. The summed E-state index contributed by atoms with van der Waals surface area (Å²) >= 11 is 6.74. The Bertz CT molecular complexity index is 1490. The van der Waals surface area contributed by atoms with E-state index in [9.17, 15) is 19.2 Å². The highest BCUT2D eigenvalue weighted by Crippen LogP contribution is 2.35. The van der Waals surface area contributed by atoms with Crippen LogP contribution in [0.25, 0.3) is 6.08 Å². The van der Waals surface area contributed by atoms with Gasteiger partial charge in [0.2, 0.25) is 0 Å². The van der Waals surface area contributed by atoms with Crippen molar-refractivity contribution in [2.24, 2.45) is 0 Å². The normalized spacial score (nSPS) is 14.3. The molecule has 0 saturated carbocycles. The Hall–Kier alpha value is -3.74. The zero-order valence-electron chi connectivity index (χ0n) is 21.2. The van der Waals surface area contributed by atoms with Gasteiger partial charge in [-0.05, 0) is 54.7 Å². The molecule has 0 bridgehead atoms. The molecule has 1 amide bonds. The number of halogens is 1. The first-order valence-corrected chi connectivity index (χ1v) is 13.5. The van der Waals surface area contributed by atoms with Crippen LogP contribution >= 0.6 is 24.0 Å². The number of nitriles is 1. The molecule has 4 rings (SSSR count). The summed E-state index contributed by atoms with van der Waals surface area (Å²) in [5.74, 6) is -0.0281. The highest BCUT2D eigenvalue weighted by Gasteiger charge is 2.32. The lowest BCUT2D eigenvalue weighted by atomic mass is 10.0. The van der Waals surface area contributed by atoms with E-state index in [1.165, 1.54) is 28.5 Å².